The van der Waals surface area contributed by atoms with Gasteiger partial charge >= 0.3 is 0 Å². The molecule has 0 spiro atoms. The van der Waals surface area contributed by atoms with Crippen molar-refractivity contribution in [2.24, 2.45) is 0 Å². The van der Waals surface area contributed by atoms with E-state index in [4.69, 9.17) is 0 Å². The zero-order valence-corrected chi connectivity index (χ0v) is 26.9. The summed E-state index contributed by atoms with van der Waals surface area (Å²) in [6, 6.07) is -0.621. The van der Waals surface area contributed by atoms with E-state index in [0.29, 0.717) is 6.42 Å². The Labute approximate surface area is 249 Å². The van der Waals surface area contributed by atoms with Crippen LogP contribution in [0, 0.1) is 0 Å². The maximum atomic E-state index is 12.3. The van der Waals surface area contributed by atoms with Crippen LogP contribution in [-0.4, -0.2) is 34.9 Å². The van der Waals surface area contributed by atoms with E-state index in [9.17, 15) is 15.0 Å². The van der Waals surface area contributed by atoms with Crippen molar-refractivity contribution in [2.45, 2.75) is 193 Å². The molecule has 0 aliphatic carbocycles. The second kappa shape index (κ2) is 32.4. The highest BCUT2D eigenvalue weighted by Gasteiger charge is 2.17. The van der Waals surface area contributed by atoms with Crippen LogP contribution in [0.15, 0.2) is 24.3 Å². The molecule has 2 unspecified atom stereocenters. The molecule has 1 amide bonds. The summed E-state index contributed by atoms with van der Waals surface area (Å²) in [5.74, 6) is -0.0750. The lowest BCUT2D eigenvalue weighted by Crippen LogP contribution is -2.45. The van der Waals surface area contributed by atoms with Gasteiger partial charge in [0.1, 0.15) is 0 Å². The number of unbranched alkanes of at least 4 members (excludes halogenated alkanes) is 22. The van der Waals surface area contributed by atoms with Gasteiger partial charge < -0.3 is 15.5 Å². The lowest BCUT2D eigenvalue weighted by molar-refractivity contribution is -0.123. The molecule has 0 aliphatic heterocycles. The van der Waals surface area contributed by atoms with Gasteiger partial charge in [0.2, 0.25) is 5.91 Å². The van der Waals surface area contributed by atoms with Crippen molar-refractivity contribution < 1.29 is 15.0 Å². The summed E-state index contributed by atoms with van der Waals surface area (Å²) in [7, 11) is 0. The summed E-state index contributed by atoms with van der Waals surface area (Å²) in [5, 5.41) is 22.8. The minimum Gasteiger partial charge on any atom is -0.394 e. The largest absolute Gasteiger partial charge is 0.394 e. The van der Waals surface area contributed by atoms with E-state index < -0.39 is 12.1 Å². The van der Waals surface area contributed by atoms with E-state index in [0.717, 1.165) is 32.1 Å². The molecule has 3 N–H and O–H groups in total. The van der Waals surface area contributed by atoms with Crippen LogP contribution in [0.4, 0.5) is 0 Å². The summed E-state index contributed by atoms with van der Waals surface area (Å²) in [5.41, 5.74) is 0. The normalized spacial score (nSPS) is 13.4. The smallest absolute Gasteiger partial charge is 0.220 e. The van der Waals surface area contributed by atoms with Crippen molar-refractivity contribution in [2.75, 3.05) is 6.61 Å². The Bertz CT molecular complexity index is 574. The van der Waals surface area contributed by atoms with Gasteiger partial charge in [0.25, 0.3) is 0 Å². The highest BCUT2D eigenvalue weighted by molar-refractivity contribution is 5.76. The molecular weight excluding hydrogens is 494 g/mol. The van der Waals surface area contributed by atoms with Crippen molar-refractivity contribution in [1.82, 2.24) is 5.32 Å². The van der Waals surface area contributed by atoms with Gasteiger partial charge in [0.05, 0.1) is 18.8 Å². The highest BCUT2D eigenvalue weighted by Crippen LogP contribution is 2.13. The molecule has 0 radical (unpaired) electrons. The van der Waals surface area contributed by atoms with Crippen LogP contribution >= 0.6 is 0 Å². The van der Waals surface area contributed by atoms with Crippen LogP contribution in [0.1, 0.15) is 181 Å². The molecule has 40 heavy (non-hydrogen) atoms. The van der Waals surface area contributed by atoms with Crippen LogP contribution in [-0.2, 0) is 4.79 Å². The first-order chi connectivity index (χ1) is 19.7. The van der Waals surface area contributed by atoms with Crippen LogP contribution in [0.3, 0.4) is 0 Å². The molecular formula is C36H69NO3. The fourth-order valence-electron chi connectivity index (χ4n) is 5.17. The number of aliphatic hydroxyl groups excluding tert-OH is 2. The lowest BCUT2D eigenvalue weighted by Gasteiger charge is -2.20. The van der Waals surface area contributed by atoms with Gasteiger partial charge in [-0.2, -0.15) is 0 Å². The Hall–Kier alpha value is -1.13. The van der Waals surface area contributed by atoms with Gasteiger partial charge in [-0.25, -0.2) is 0 Å². The number of amides is 1. The van der Waals surface area contributed by atoms with Crippen molar-refractivity contribution in [3.8, 4) is 0 Å². The monoisotopic (exact) mass is 564 g/mol. The van der Waals surface area contributed by atoms with Crippen LogP contribution in [0.25, 0.3) is 0 Å². The molecule has 0 heterocycles. The summed E-state index contributed by atoms with van der Waals surface area (Å²) in [4.78, 5) is 12.3. The zero-order valence-electron chi connectivity index (χ0n) is 26.9. The average Bonchev–Trinajstić information content (AvgIpc) is 2.96. The Kier molecular flexibility index (Phi) is 31.5. The number of rotatable bonds is 31. The SMILES string of the molecule is CCCCCCCCCC/C=C/C(O)C(CO)NC(=O)CCCCCCC/C=C\CCCCCCCCCCC. The predicted octanol–water partition coefficient (Wildman–Crippen LogP) is 10.1. The van der Waals surface area contributed by atoms with Gasteiger partial charge in [-0.3, -0.25) is 4.79 Å². The van der Waals surface area contributed by atoms with Crippen molar-refractivity contribution in [3.63, 3.8) is 0 Å². The molecule has 0 aromatic heterocycles. The van der Waals surface area contributed by atoms with Crippen molar-refractivity contribution >= 4 is 5.91 Å². The molecule has 0 aromatic carbocycles. The number of nitrogens with one attached hydrogen (secondary N) is 1. The second-order valence-corrected chi connectivity index (χ2v) is 11.9. The first-order valence-corrected chi connectivity index (χ1v) is 17.6. The summed E-state index contributed by atoms with van der Waals surface area (Å²) in [6.07, 6.45) is 39.7. The molecule has 0 saturated carbocycles. The molecule has 0 bridgehead atoms. The first kappa shape index (κ1) is 38.9. The van der Waals surface area contributed by atoms with Crippen molar-refractivity contribution in [3.05, 3.63) is 24.3 Å². The van der Waals surface area contributed by atoms with Gasteiger partial charge in [-0.1, -0.05) is 154 Å². The molecule has 2 atom stereocenters. The van der Waals surface area contributed by atoms with Gasteiger partial charge in [-0.15, -0.1) is 0 Å². The first-order valence-electron chi connectivity index (χ1n) is 17.6. The van der Waals surface area contributed by atoms with Gasteiger partial charge in [-0.05, 0) is 44.9 Å². The summed E-state index contributed by atoms with van der Waals surface area (Å²) in [6.45, 7) is 4.27. The van der Waals surface area contributed by atoms with E-state index >= 15 is 0 Å². The van der Waals surface area contributed by atoms with E-state index in [-0.39, 0.29) is 12.5 Å². The number of carbonyl (C=O) groups is 1. The summed E-state index contributed by atoms with van der Waals surface area (Å²) >= 11 is 0. The minimum atomic E-state index is -0.837. The molecule has 0 aliphatic rings. The van der Waals surface area contributed by atoms with Crippen LogP contribution in [0.5, 0.6) is 0 Å². The number of carbonyl (C=O) groups excluding carboxylic acids is 1. The average molecular weight is 564 g/mol. The Morgan fingerprint density at radius 1 is 0.575 bits per heavy atom. The maximum Gasteiger partial charge on any atom is 0.220 e. The maximum absolute atomic E-state index is 12.3. The molecule has 236 valence electrons. The zero-order chi connectivity index (χ0) is 29.4. The van der Waals surface area contributed by atoms with Crippen LogP contribution in [0.2, 0.25) is 0 Å². The van der Waals surface area contributed by atoms with Gasteiger partial charge in [0.15, 0.2) is 0 Å². The third kappa shape index (κ3) is 28.4. The highest BCUT2D eigenvalue weighted by atomic mass is 16.3. The molecule has 0 saturated heterocycles. The van der Waals surface area contributed by atoms with E-state index in [1.165, 1.54) is 128 Å². The second-order valence-electron chi connectivity index (χ2n) is 11.9. The summed E-state index contributed by atoms with van der Waals surface area (Å²) < 4.78 is 0. The molecule has 4 heteroatoms. The van der Waals surface area contributed by atoms with Crippen LogP contribution < -0.4 is 5.32 Å². The lowest BCUT2D eigenvalue weighted by atomic mass is 10.1. The Balaban J connectivity index is 3.62. The van der Waals surface area contributed by atoms with Gasteiger partial charge in [0, 0.05) is 6.42 Å². The van der Waals surface area contributed by atoms with E-state index in [1.54, 1.807) is 6.08 Å². The third-order valence-corrected chi connectivity index (χ3v) is 7.93. The quantitative estimate of drug-likeness (QED) is 0.0580. The number of hydrogen-bond donors (Lipinski definition) is 3. The Morgan fingerprint density at radius 2 is 0.950 bits per heavy atom. The van der Waals surface area contributed by atoms with Crippen molar-refractivity contribution in [1.29, 1.82) is 0 Å². The fraction of sp³-hybridized carbons (Fsp3) is 0.861. The fourth-order valence-corrected chi connectivity index (χ4v) is 5.17. The molecule has 0 rings (SSSR count). The minimum absolute atomic E-state index is 0.0750. The van der Waals surface area contributed by atoms with E-state index in [2.05, 4.69) is 31.3 Å². The predicted molar refractivity (Wildman–Crippen MR) is 175 cm³/mol. The molecule has 0 fully saturated rings. The molecule has 0 aromatic rings. The number of allylic oxidation sites excluding steroid dienone is 3. The molecule has 4 nitrogen and oxygen atoms in total. The number of hydrogen-bond acceptors (Lipinski definition) is 3. The van der Waals surface area contributed by atoms with E-state index in [1.807, 2.05) is 6.08 Å². The number of aliphatic hydroxyl groups is 2. The topological polar surface area (TPSA) is 69.6 Å². The third-order valence-electron chi connectivity index (χ3n) is 7.93. The Morgan fingerprint density at radius 3 is 1.38 bits per heavy atom. The standard InChI is InChI=1S/C36H69NO3/c1-3-5-7-9-11-13-15-16-17-18-19-20-21-22-24-26-28-30-32-36(40)37-34(33-38)35(39)31-29-27-25-23-14-12-10-8-6-4-2/h19-20,29,31,34-35,38-39H,3-18,21-28,30,32-33H2,1-2H3,(H,37,40)/b20-19-,31-29+.